The van der Waals surface area contributed by atoms with Crippen molar-refractivity contribution in [2.75, 3.05) is 0 Å². The zero-order chi connectivity index (χ0) is 12.3. The van der Waals surface area contributed by atoms with Crippen LogP contribution >= 0.6 is 0 Å². The van der Waals surface area contributed by atoms with Crippen LogP contribution in [0.25, 0.3) is 0 Å². The molecule has 0 aromatic heterocycles. The van der Waals surface area contributed by atoms with Crippen molar-refractivity contribution in [2.24, 2.45) is 0 Å². The van der Waals surface area contributed by atoms with Gasteiger partial charge in [-0.3, -0.25) is 4.79 Å². The maximum Gasteiger partial charge on any atom is 0.290 e. The highest BCUT2D eigenvalue weighted by atomic mass is 16.3. The van der Waals surface area contributed by atoms with Crippen molar-refractivity contribution in [1.82, 2.24) is 6.15 Å². The van der Waals surface area contributed by atoms with Crippen molar-refractivity contribution >= 4 is 6.47 Å². The summed E-state index contributed by atoms with van der Waals surface area (Å²) >= 11 is 0. The lowest BCUT2D eigenvalue weighted by Gasteiger charge is -1.65. The van der Waals surface area contributed by atoms with Gasteiger partial charge in [0, 0.05) is 0 Å². The van der Waals surface area contributed by atoms with E-state index in [1.54, 1.807) is 0 Å². The van der Waals surface area contributed by atoms with E-state index in [9.17, 15) is 0 Å². The third-order valence-corrected chi connectivity index (χ3v) is 0. The van der Waals surface area contributed by atoms with E-state index in [4.69, 9.17) is 9.90 Å². The van der Waals surface area contributed by atoms with Crippen molar-refractivity contribution < 1.29 is 9.90 Å². The largest absolute Gasteiger partial charge is 0.483 e. The molecule has 4 N–H and O–H groups in total. The minimum atomic E-state index is -0.250. The van der Waals surface area contributed by atoms with Gasteiger partial charge < -0.3 is 11.3 Å². The van der Waals surface area contributed by atoms with Crippen molar-refractivity contribution in [3.05, 3.63) is 12.2 Å². The number of rotatable bonds is 0. The molecular formula is C11H31NO2. The Bertz CT molecular complexity index is 60.3. The summed E-state index contributed by atoms with van der Waals surface area (Å²) < 4.78 is 0. The van der Waals surface area contributed by atoms with Gasteiger partial charge in [-0.15, -0.1) is 6.58 Å². The van der Waals surface area contributed by atoms with Crippen LogP contribution in [0.4, 0.5) is 0 Å². The fraction of sp³-hybridized carbons (Fsp3) is 0.727. The fourth-order valence-corrected chi connectivity index (χ4v) is 0. The van der Waals surface area contributed by atoms with E-state index >= 15 is 0 Å². The molecule has 3 nitrogen and oxygen atoms in total. The highest BCUT2D eigenvalue weighted by molar-refractivity contribution is 5.32. The second-order valence-electron chi connectivity index (χ2n) is 1.31. The van der Waals surface area contributed by atoms with E-state index in [0.29, 0.717) is 0 Å². The molecule has 3 heteroatoms. The summed E-state index contributed by atoms with van der Waals surface area (Å²) in [6.45, 7) is 19.2. The second-order valence-corrected chi connectivity index (χ2v) is 1.31. The molecule has 0 saturated carbocycles. The summed E-state index contributed by atoms with van der Waals surface area (Å²) in [5, 5.41) is 6.89. The minimum Gasteiger partial charge on any atom is -0.483 e. The average molecular weight is 209 g/mol. The summed E-state index contributed by atoms with van der Waals surface area (Å²) in [6.07, 6.45) is 0. The summed E-state index contributed by atoms with van der Waals surface area (Å²) in [6, 6.07) is 0. The molecule has 92 valence electrons. The van der Waals surface area contributed by atoms with Gasteiger partial charge in [-0.1, -0.05) is 47.1 Å². The van der Waals surface area contributed by atoms with E-state index in [1.165, 1.54) is 5.57 Å². The van der Waals surface area contributed by atoms with Crippen LogP contribution in [0.5, 0.6) is 0 Å². The smallest absolute Gasteiger partial charge is 0.290 e. The molecule has 0 aliphatic heterocycles. The number of carboxylic acid groups (broad SMARTS) is 1. The van der Waals surface area contributed by atoms with Crippen molar-refractivity contribution in [3.63, 3.8) is 0 Å². The summed E-state index contributed by atoms with van der Waals surface area (Å²) in [4.78, 5) is 8.36. The van der Waals surface area contributed by atoms with Crippen LogP contribution < -0.4 is 6.15 Å². The first kappa shape index (κ1) is 37.9. The standard InChI is InChI=1S/C4H8.3C2H6.CH2O2.H3N/c1-4(2)3;3*1-2;2-1-3;/h1H2,2-3H3;3*1-2H3;1H,(H,2,3);1H3. The second kappa shape index (κ2) is 151. The molecule has 0 heterocycles. The average Bonchev–Trinajstić information content (AvgIpc) is 2.14. The van der Waals surface area contributed by atoms with Crippen molar-refractivity contribution in [1.29, 1.82) is 0 Å². The molecule has 0 atom stereocenters. The van der Waals surface area contributed by atoms with Gasteiger partial charge >= 0.3 is 0 Å². The highest BCUT2D eigenvalue weighted by Gasteiger charge is 1.51. The molecule has 0 spiro atoms. The first-order chi connectivity index (χ1) is 6.15. The Labute approximate surface area is 90.8 Å². The van der Waals surface area contributed by atoms with E-state index in [1.807, 2.05) is 55.4 Å². The zero-order valence-corrected chi connectivity index (χ0v) is 11.3. The highest BCUT2D eigenvalue weighted by Crippen LogP contribution is 1.73. The van der Waals surface area contributed by atoms with Crippen LogP contribution in [0.15, 0.2) is 12.2 Å². The Kier molecular flexibility index (Phi) is 410. The Balaban J connectivity index is -0.0000000146. The topological polar surface area (TPSA) is 72.3 Å². The predicted octanol–water partition coefficient (Wildman–Crippen LogP) is 4.52. The van der Waals surface area contributed by atoms with Crippen LogP contribution in [-0.2, 0) is 4.79 Å². The Morgan fingerprint density at radius 3 is 1.00 bits per heavy atom. The SMILES string of the molecule is C=C(C)C.CC.CC.CC.N.O=CO. The molecular weight excluding hydrogens is 178 g/mol. The molecule has 0 aliphatic carbocycles. The number of hydrogen-bond donors (Lipinski definition) is 2. The zero-order valence-electron chi connectivity index (χ0n) is 11.3. The maximum atomic E-state index is 8.36. The third-order valence-electron chi connectivity index (χ3n) is 0. The van der Waals surface area contributed by atoms with Gasteiger partial charge in [-0.05, 0) is 13.8 Å². The van der Waals surface area contributed by atoms with E-state index in [2.05, 4.69) is 6.58 Å². The first-order valence-electron chi connectivity index (χ1n) is 4.85. The summed E-state index contributed by atoms with van der Waals surface area (Å²) in [7, 11) is 0. The molecule has 0 aliphatic rings. The summed E-state index contributed by atoms with van der Waals surface area (Å²) in [5.74, 6) is 0. The Morgan fingerprint density at radius 2 is 1.00 bits per heavy atom. The fourth-order valence-electron chi connectivity index (χ4n) is 0. The molecule has 0 radical (unpaired) electrons. The van der Waals surface area contributed by atoms with Crippen molar-refractivity contribution in [2.45, 2.75) is 55.4 Å². The van der Waals surface area contributed by atoms with Gasteiger partial charge in [-0.25, -0.2) is 0 Å². The van der Waals surface area contributed by atoms with Crippen LogP contribution in [0, 0.1) is 0 Å². The molecule has 0 fully saturated rings. The molecule has 14 heavy (non-hydrogen) atoms. The lowest BCUT2D eigenvalue weighted by atomic mass is 10.4. The normalized spacial score (nSPS) is 4.00. The maximum absolute atomic E-state index is 8.36. The molecule has 0 saturated heterocycles. The Hall–Kier alpha value is -0.830. The van der Waals surface area contributed by atoms with Crippen LogP contribution in [0.1, 0.15) is 55.4 Å². The van der Waals surface area contributed by atoms with Gasteiger partial charge in [0.05, 0.1) is 0 Å². The van der Waals surface area contributed by atoms with E-state index in [0.717, 1.165) is 0 Å². The van der Waals surface area contributed by atoms with Gasteiger partial charge in [-0.2, -0.15) is 0 Å². The molecule has 0 rings (SSSR count). The minimum absolute atomic E-state index is 0. The monoisotopic (exact) mass is 209 g/mol. The quantitative estimate of drug-likeness (QED) is 0.455. The van der Waals surface area contributed by atoms with Crippen molar-refractivity contribution in [3.8, 4) is 0 Å². The van der Waals surface area contributed by atoms with Gasteiger partial charge in [0.15, 0.2) is 0 Å². The summed E-state index contributed by atoms with van der Waals surface area (Å²) in [5.41, 5.74) is 1.17. The Morgan fingerprint density at radius 1 is 1.00 bits per heavy atom. The van der Waals surface area contributed by atoms with E-state index < -0.39 is 0 Å². The number of hydrogen-bond acceptors (Lipinski definition) is 2. The number of allylic oxidation sites excluding steroid dienone is 1. The predicted molar refractivity (Wildman–Crippen MR) is 68.2 cm³/mol. The first-order valence-corrected chi connectivity index (χ1v) is 4.85. The van der Waals surface area contributed by atoms with Gasteiger partial charge in [0.2, 0.25) is 0 Å². The van der Waals surface area contributed by atoms with E-state index in [-0.39, 0.29) is 12.6 Å². The third kappa shape index (κ3) is 1680. The van der Waals surface area contributed by atoms with Crippen LogP contribution in [0.3, 0.4) is 0 Å². The molecule has 0 aromatic carbocycles. The number of carbonyl (C=O) groups is 1. The van der Waals surface area contributed by atoms with Crippen LogP contribution in [0.2, 0.25) is 0 Å². The lowest BCUT2D eigenvalue weighted by Crippen LogP contribution is -1.49. The molecule has 0 amide bonds. The lowest BCUT2D eigenvalue weighted by molar-refractivity contribution is -0.122. The molecule has 0 unspecified atom stereocenters. The molecule has 0 bridgehead atoms. The van der Waals surface area contributed by atoms with Gasteiger partial charge in [0.25, 0.3) is 6.47 Å². The van der Waals surface area contributed by atoms with Gasteiger partial charge in [0.1, 0.15) is 0 Å². The molecule has 0 aromatic rings. The van der Waals surface area contributed by atoms with Crippen LogP contribution in [-0.4, -0.2) is 11.6 Å².